The molecule has 0 radical (unpaired) electrons. The molecule has 0 aliphatic carbocycles. The molecule has 7 nitrogen and oxygen atoms in total. The third-order valence-electron chi connectivity index (χ3n) is 4.66. The Morgan fingerprint density at radius 1 is 0.556 bits per heavy atom. The van der Waals surface area contributed by atoms with Gasteiger partial charge in [0.2, 0.25) is 0 Å². The largest absolute Gasteiger partial charge is 0.301 e. The van der Waals surface area contributed by atoms with Crippen LogP contribution in [0.4, 0.5) is 0 Å². The van der Waals surface area contributed by atoms with Gasteiger partial charge in [0.25, 0.3) is 20.2 Å². The molecule has 0 unspecified atom stereocenters. The van der Waals surface area contributed by atoms with Gasteiger partial charge in [0.05, 0.1) is 11.5 Å². The van der Waals surface area contributed by atoms with Crippen molar-refractivity contribution >= 4 is 20.2 Å². The first-order valence-electron chi connectivity index (χ1n) is 10.3. The molecule has 0 saturated carbocycles. The van der Waals surface area contributed by atoms with Crippen LogP contribution in [-0.4, -0.2) is 62.0 Å². The Balaban J connectivity index is 3.79. The van der Waals surface area contributed by atoms with Crippen LogP contribution in [0.25, 0.3) is 0 Å². The third kappa shape index (κ3) is 21.9. The number of nitrogens with zero attached hydrogens (tertiary/aromatic N) is 1. The van der Waals surface area contributed by atoms with Crippen molar-refractivity contribution in [3.8, 4) is 0 Å². The molecule has 0 saturated heterocycles. The van der Waals surface area contributed by atoms with Crippen molar-refractivity contribution in [3.05, 3.63) is 0 Å². The minimum atomic E-state index is -4.08. The zero-order chi connectivity index (χ0) is 20.6. The number of rotatable bonds is 19. The van der Waals surface area contributed by atoms with Crippen LogP contribution < -0.4 is 0 Å². The first-order chi connectivity index (χ1) is 12.6. The lowest BCUT2D eigenvalue weighted by molar-refractivity contribution is 0.292. The molecular weight excluding hydrogens is 390 g/mol. The summed E-state index contributed by atoms with van der Waals surface area (Å²) in [6.07, 6.45) is 14.6. The molecule has 27 heavy (non-hydrogen) atoms. The van der Waals surface area contributed by atoms with Crippen molar-refractivity contribution in [3.63, 3.8) is 0 Å². The molecule has 0 bridgehead atoms. The summed E-state index contributed by atoms with van der Waals surface area (Å²) in [5, 5.41) is 0. The van der Waals surface area contributed by atoms with Gasteiger partial charge in [0.1, 0.15) is 0 Å². The fourth-order valence-electron chi connectivity index (χ4n) is 3.00. The van der Waals surface area contributed by atoms with Gasteiger partial charge in [0.15, 0.2) is 0 Å². The van der Waals surface area contributed by atoms with Gasteiger partial charge in [-0.05, 0) is 13.0 Å². The molecule has 2 N–H and O–H groups in total. The molecule has 0 fully saturated rings. The summed E-state index contributed by atoms with van der Waals surface area (Å²) in [5.41, 5.74) is 0. The fourth-order valence-corrected chi connectivity index (χ4v) is 3.98. The Hall–Kier alpha value is -0.220. The highest BCUT2D eigenvalue weighted by molar-refractivity contribution is 7.86. The van der Waals surface area contributed by atoms with Crippen LogP contribution in [0.3, 0.4) is 0 Å². The quantitative estimate of drug-likeness (QED) is 0.237. The predicted octanol–water partition coefficient (Wildman–Crippen LogP) is 3.77. The third-order valence-corrected chi connectivity index (χ3v) is 6.06. The van der Waals surface area contributed by atoms with Crippen LogP contribution in [0.15, 0.2) is 0 Å². The van der Waals surface area contributed by atoms with E-state index in [9.17, 15) is 16.8 Å². The van der Waals surface area contributed by atoms with E-state index in [4.69, 9.17) is 9.11 Å². The maximum atomic E-state index is 10.9. The zero-order valence-electron chi connectivity index (χ0n) is 16.8. The Labute approximate surface area is 166 Å². The second kappa shape index (κ2) is 15.7. The second-order valence-corrected chi connectivity index (χ2v) is 10.4. The van der Waals surface area contributed by atoms with E-state index in [0.717, 1.165) is 19.3 Å². The van der Waals surface area contributed by atoms with E-state index in [1.54, 1.807) is 4.90 Å². The Bertz CT molecular complexity index is 512. The molecule has 9 heteroatoms. The van der Waals surface area contributed by atoms with Gasteiger partial charge in [-0.1, -0.05) is 77.6 Å². The predicted molar refractivity (Wildman–Crippen MR) is 110 cm³/mol. The molecular formula is C18H39NO6S2. The molecule has 0 aromatic heterocycles. The van der Waals surface area contributed by atoms with E-state index in [-0.39, 0.29) is 13.1 Å². The molecule has 0 atom stereocenters. The van der Waals surface area contributed by atoms with Gasteiger partial charge < -0.3 is 4.90 Å². The Morgan fingerprint density at radius 3 is 1.22 bits per heavy atom. The molecule has 0 heterocycles. The molecule has 0 aromatic rings. The van der Waals surface area contributed by atoms with Crippen LogP contribution in [0.2, 0.25) is 0 Å². The van der Waals surface area contributed by atoms with Gasteiger partial charge in [-0.3, -0.25) is 9.11 Å². The molecule has 0 aromatic carbocycles. The Morgan fingerprint density at radius 2 is 0.889 bits per heavy atom. The molecule has 0 aliphatic heterocycles. The van der Waals surface area contributed by atoms with Gasteiger partial charge in [-0.25, -0.2) is 0 Å². The molecule has 0 rings (SSSR count). The van der Waals surface area contributed by atoms with E-state index in [0.29, 0.717) is 6.54 Å². The van der Waals surface area contributed by atoms with Gasteiger partial charge in [-0.15, -0.1) is 0 Å². The topological polar surface area (TPSA) is 112 Å². The number of unbranched alkanes of at least 4 members (excludes halogenated alkanes) is 11. The maximum absolute atomic E-state index is 10.9. The lowest BCUT2D eigenvalue weighted by Crippen LogP contribution is -2.34. The van der Waals surface area contributed by atoms with Crippen molar-refractivity contribution in [2.45, 2.75) is 84.0 Å². The highest BCUT2D eigenvalue weighted by Gasteiger charge is 2.13. The van der Waals surface area contributed by atoms with E-state index in [1.165, 1.54) is 57.8 Å². The van der Waals surface area contributed by atoms with E-state index < -0.39 is 31.7 Å². The van der Waals surface area contributed by atoms with Crippen LogP contribution in [0, 0.1) is 0 Å². The highest BCUT2D eigenvalue weighted by atomic mass is 32.2. The van der Waals surface area contributed by atoms with Crippen LogP contribution in [-0.2, 0) is 20.2 Å². The molecule has 164 valence electrons. The lowest BCUT2D eigenvalue weighted by Gasteiger charge is -2.20. The van der Waals surface area contributed by atoms with Crippen LogP contribution >= 0.6 is 0 Å². The van der Waals surface area contributed by atoms with Crippen molar-refractivity contribution in [1.29, 1.82) is 0 Å². The van der Waals surface area contributed by atoms with Gasteiger partial charge in [0, 0.05) is 13.1 Å². The van der Waals surface area contributed by atoms with E-state index >= 15 is 0 Å². The summed E-state index contributed by atoms with van der Waals surface area (Å²) >= 11 is 0. The maximum Gasteiger partial charge on any atom is 0.266 e. The normalized spacial score (nSPS) is 12.7. The highest BCUT2D eigenvalue weighted by Crippen LogP contribution is 2.12. The number of hydrogen-bond acceptors (Lipinski definition) is 5. The fraction of sp³-hybridized carbons (Fsp3) is 1.00. The summed E-state index contributed by atoms with van der Waals surface area (Å²) < 4.78 is 61.2. The lowest BCUT2D eigenvalue weighted by atomic mass is 10.1. The van der Waals surface area contributed by atoms with Crippen molar-refractivity contribution in [2.24, 2.45) is 0 Å². The van der Waals surface area contributed by atoms with Crippen LogP contribution in [0.5, 0.6) is 0 Å². The minimum Gasteiger partial charge on any atom is -0.301 e. The average molecular weight is 430 g/mol. The summed E-state index contributed by atoms with van der Waals surface area (Å²) in [4.78, 5) is 1.66. The van der Waals surface area contributed by atoms with Crippen LogP contribution in [0.1, 0.15) is 84.0 Å². The zero-order valence-corrected chi connectivity index (χ0v) is 18.4. The first kappa shape index (κ1) is 26.8. The summed E-state index contributed by atoms with van der Waals surface area (Å²) in [7, 11) is -8.16. The summed E-state index contributed by atoms with van der Waals surface area (Å²) in [6.45, 7) is 2.91. The summed E-state index contributed by atoms with van der Waals surface area (Å²) in [6, 6.07) is 0. The average Bonchev–Trinajstić information content (AvgIpc) is 2.55. The minimum absolute atomic E-state index is 0.0619. The van der Waals surface area contributed by atoms with E-state index in [2.05, 4.69) is 6.92 Å². The molecule has 0 spiro atoms. The first-order valence-corrected chi connectivity index (χ1v) is 13.5. The van der Waals surface area contributed by atoms with Crippen molar-refractivity contribution in [1.82, 2.24) is 4.90 Å². The monoisotopic (exact) mass is 429 g/mol. The standard InChI is InChI=1S/C18H39NO6S2/c1-2-3-4-5-6-7-8-9-10-11-12-13-14-19(15-17-26(20,21)22)16-18-27(23,24)25/h2-18H2,1H3,(H,20,21,22)(H,23,24,25). The SMILES string of the molecule is CCCCCCCCCCCCCCN(CCS(=O)(=O)O)CCS(=O)(=O)O. The smallest absolute Gasteiger partial charge is 0.266 e. The van der Waals surface area contributed by atoms with Crippen molar-refractivity contribution < 1.29 is 25.9 Å². The van der Waals surface area contributed by atoms with Crippen molar-refractivity contribution in [2.75, 3.05) is 31.1 Å². The molecule has 0 amide bonds. The van der Waals surface area contributed by atoms with Gasteiger partial charge in [-0.2, -0.15) is 16.8 Å². The van der Waals surface area contributed by atoms with E-state index in [1.807, 2.05) is 0 Å². The summed E-state index contributed by atoms with van der Waals surface area (Å²) in [5.74, 6) is -0.868. The molecule has 0 aliphatic rings. The Kier molecular flexibility index (Phi) is 15.5. The van der Waals surface area contributed by atoms with Gasteiger partial charge >= 0.3 is 0 Å². The second-order valence-electron chi connectivity index (χ2n) is 7.30. The number of hydrogen-bond donors (Lipinski definition) is 2.